The quantitative estimate of drug-likeness (QED) is 0.851. The zero-order valence-electron chi connectivity index (χ0n) is 14.2. The van der Waals surface area contributed by atoms with E-state index in [2.05, 4.69) is 20.8 Å². The number of halogens is 1. The lowest BCUT2D eigenvalue weighted by Crippen LogP contribution is -2.34. The van der Waals surface area contributed by atoms with Crippen LogP contribution in [0.3, 0.4) is 0 Å². The van der Waals surface area contributed by atoms with Crippen molar-refractivity contribution in [1.82, 2.24) is 20.2 Å². The molecule has 1 N–H and O–H groups in total. The predicted molar refractivity (Wildman–Crippen MR) is 94.6 cm³/mol. The van der Waals surface area contributed by atoms with Gasteiger partial charge in [0.1, 0.15) is 12.1 Å². The Kier molecular flexibility index (Phi) is 5.53. The van der Waals surface area contributed by atoms with Gasteiger partial charge in [-0.2, -0.15) is 0 Å². The summed E-state index contributed by atoms with van der Waals surface area (Å²) in [4.78, 5) is 12.7. The summed E-state index contributed by atoms with van der Waals surface area (Å²) < 4.78 is 7.02. The fraction of sp³-hybridized carbons (Fsp3) is 0.529. The number of anilines is 1. The first-order valence-corrected chi connectivity index (χ1v) is 8.82. The highest BCUT2D eigenvalue weighted by Crippen LogP contribution is 2.41. The first-order chi connectivity index (χ1) is 12.1. The molecule has 0 radical (unpaired) electrons. The van der Waals surface area contributed by atoms with Crippen LogP contribution in [0.15, 0.2) is 24.5 Å². The van der Waals surface area contributed by atoms with Crippen molar-refractivity contribution < 1.29 is 9.53 Å². The highest BCUT2D eigenvalue weighted by atomic mass is 35.5. The first kappa shape index (κ1) is 17.7. The van der Waals surface area contributed by atoms with Gasteiger partial charge in [0.15, 0.2) is 0 Å². The second-order valence-corrected chi connectivity index (χ2v) is 7.07. The maximum Gasteiger partial charge on any atom is 0.225 e. The van der Waals surface area contributed by atoms with E-state index >= 15 is 0 Å². The Morgan fingerprint density at radius 1 is 1.36 bits per heavy atom. The number of ether oxygens (including phenoxy) is 1. The number of carbonyl (C=O) groups excluding carboxylic acids is 1. The first-order valence-electron chi connectivity index (χ1n) is 8.44. The van der Waals surface area contributed by atoms with Crippen LogP contribution in [0, 0.1) is 5.41 Å². The molecule has 1 aliphatic rings. The normalized spacial score (nSPS) is 16.4. The van der Waals surface area contributed by atoms with Gasteiger partial charge >= 0.3 is 0 Å². The highest BCUT2D eigenvalue weighted by Gasteiger charge is 2.35. The number of nitrogens with one attached hydrogen (secondary N) is 1. The summed E-state index contributed by atoms with van der Waals surface area (Å²) in [5.41, 5.74) is 0.470. The average Bonchev–Trinajstić information content (AvgIpc) is 3.08. The van der Waals surface area contributed by atoms with Gasteiger partial charge in [-0.05, 0) is 46.9 Å². The number of amides is 1. The van der Waals surface area contributed by atoms with Crippen molar-refractivity contribution >= 4 is 23.2 Å². The van der Waals surface area contributed by atoms with E-state index < -0.39 is 0 Å². The summed E-state index contributed by atoms with van der Waals surface area (Å²) in [6.07, 6.45) is 7.46. The molecule has 8 heteroatoms. The molecule has 1 saturated carbocycles. The smallest absolute Gasteiger partial charge is 0.225 e. The van der Waals surface area contributed by atoms with Crippen molar-refractivity contribution in [2.45, 2.75) is 45.1 Å². The lowest BCUT2D eigenvalue weighted by molar-refractivity contribution is -0.119. The lowest BCUT2D eigenvalue weighted by atomic mass is 9.71. The standard InChI is InChI=1S/C17H22ClN5O2/c1-25-15-6-5-13(18)9-14(15)20-16(24)10-17(7-3-2-4-8-17)11-23-12-19-21-22-23/h5-6,9,12H,2-4,7-8,10-11H2,1H3,(H,20,24). The fourth-order valence-electron chi connectivity index (χ4n) is 3.60. The summed E-state index contributed by atoms with van der Waals surface area (Å²) in [6.45, 7) is 0.653. The van der Waals surface area contributed by atoms with Gasteiger partial charge in [-0.15, -0.1) is 5.10 Å². The molecule has 0 bridgehead atoms. The van der Waals surface area contributed by atoms with E-state index in [4.69, 9.17) is 16.3 Å². The number of methoxy groups -OCH3 is 1. The topological polar surface area (TPSA) is 81.9 Å². The molecule has 7 nitrogen and oxygen atoms in total. The minimum absolute atomic E-state index is 0.0458. The third-order valence-corrected chi connectivity index (χ3v) is 5.01. The molecule has 1 amide bonds. The minimum Gasteiger partial charge on any atom is -0.495 e. The van der Waals surface area contributed by atoms with Crippen LogP contribution in [-0.2, 0) is 11.3 Å². The van der Waals surface area contributed by atoms with Crippen LogP contribution in [0.1, 0.15) is 38.5 Å². The molecule has 0 aliphatic heterocycles. The molecule has 2 aromatic rings. The molecule has 1 heterocycles. The van der Waals surface area contributed by atoms with Crippen molar-refractivity contribution in [3.05, 3.63) is 29.5 Å². The van der Waals surface area contributed by atoms with Gasteiger partial charge in [-0.1, -0.05) is 30.9 Å². The number of nitrogens with zero attached hydrogens (tertiary/aromatic N) is 4. The zero-order valence-corrected chi connectivity index (χ0v) is 15.0. The van der Waals surface area contributed by atoms with Crippen LogP contribution in [0.5, 0.6) is 5.75 Å². The predicted octanol–water partition coefficient (Wildman–Crippen LogP) is 3.31. The van der Waals surface area contributed by atoms with Crippen LogP contribution >= 0.6 is 11.6 Å². The van der Waals surface area contributed by atoms with Crippen LogP contribution in [-0.4, -0.2) is 33.2 Å². The Bertz CT molecular complexity index is 714. The summed E-state index contributed by atoms with van der Waals surface area (Å²) in [5, 5.41) is 14.9. The van der Waals surface area contributed by atoms with E-state index in [0.717, 1.165) is 25.7 Å². The molecule has 1 aliphatic carbocycles. The van der Waals surface area contributed by atoms with E-state index in [1.807, 2.05) is 0 Å². The minimum atomic E-state index is -0.122. The number of carbonyl (C=O) groups is 1. The summed E-state index contributed by atoms with van der Waals surface area (Å²) in [7, 11) is 1.57. The van der Waals surface area contributed by atoms with E-state index in [-0.39, 0.29) is 11.3 Å². The number of rotatable bonds is 6. The highest BCUT2D eigenvalue weighted by molar-refractivity contribution is 6.31. The van der Waals surface area contributed by atoms with Crippen LogP contribution < -0.4 is 10.1 Å². The van der Waals surface area contributed by atoms with Crippen molar-refractivity contribution in [1.29, 1.82) is 0 Å². The molecule has 1 aromatic heterocycles. The van der Waals surface area contributed by atoms with Crippen molar-refractivity contribution in [2.75, 3.05) is 12.4 Å². The van der Waals surface area contributed by atoms with Gasteiger partial charge in [0.05, 0.1) is 19.3 Å². The molecular weight excluding hydrogens is 342 g/mol. The maximum atomic E-state index is 12.7. The SMILES string of the molecule is COc1ccc(Cl)cc1NC(=O)CC1(Cn2cnnn2)CCCCC1. The van der Waals surface area contributed by atoms with Gasteiger partial charge in [-0.3, -0.25) is 4.79 Å². The van der Waals surface area contributed by atoms with Gasteiger partial charge in [0, 0.05) is 11.4 Å². The number of hydrogen-bond donors (Lipinski definition) is 1. The maximum absolute atomic E-state index is 12.7. The van der Waals surface area contributed by atoms with E-state index in [1.165, 1.54) is 6.42 Å². The largest absolute Gasteiger partial charge is 0.495 e. The lowest BCUT2D eigenvalue weighted by Gasteiger charge is -2.36. The summed E-state index contributed by atoms with van der Waals surface area (Å²) >= 11 is 6.04. The Balaban J connectivity index is 1.73. The molecule has 0 spiro atoms. The number of tetrazole rings is 1. The van der Waals surface area contributed by atoms with E-state index in [1.54, 1.807) is 36.3 Å². The second-order valence-electron chi connectivity index (χ2n) is 6.64. The second kappa shape index (κ2) is 7.82. The molecule has 1 aromatic carbocycles. The van der Waals surface area contributed by atoms with Gasteiger partial charge in [0.2, 0.25) is 5.91 Å². The Morgan fingerprint density at radius 2 is 2.16 bits per heavy atom. The van der Waals surface area contributed by atoms with Crippen LogP contribution in [0.2, 0.25) is 5.02 Å². The Morgan fingerprint density at radius 3 is 2.84 bits per heavy atom. The molecule has 134 valence electrons. The summed E-state index contributed by atoms with van der Waals surface area (Å²) in [6, 6.07) is 5.18. The van der Waals surface area contributed by atoms with Crippen LogP contribution in [0.4, 0.5) is 5.69 Å². The molecule has 3 rings (SSSR count). The van der Waals surface area contributed by atoms with Crippen molar-refractivity contribution in [2.24, 2.45) is 5.41 Å². The van der Waals surface area contributed by atoms with Gasteiger partial charge in [-0.25, -0.2) is 4.68 Å². The van der Waals surface area contributed by atoms with Crippen molar-refractivity contribution in [3.8, 4) is 5.75 Å². The Labute approximate surface area is 151 Å². The summed E-state index contributed by atoms with van der Waals surface area (Å²) in [5.74, 6) is 0.548. The molecular formula is C17H22ClN5O2. The average molecular weight is 364 g/mol. The number of hydrogen-bond acceptors (Lipinski definition) is 5. The molecule has 0 saturated heterocycles. The van der Waals surface area contributed by atoms with Gasteiger partial charge in [0.25, 0.3) is 0 Å². The number of aromatic nitrogens is 4. The van der Waals surface area contributed by atoms with Crippen LogP contribution in [0.25, 0.3) is 0 Å². The molecule has 1 fully saturated rings. The molecule has 25 heavy (non-hydrogen) atoms. The fourth-order valence-corrected chi connectivity index (χ4v) is 3.77. The third-order valence-electron chi connectivity index (χ3n) is 4.77. The monoisotopic (exact) mass is 363 g/mol. The molecule has 0 atom stereocenters. The Hall–Kier alpha value is -2.15. The zero-order chi connectivity index (χ0) is 17.7. The van der Waals surface area contributed by atoms with Gasteiger partial charge < -0.3 is 10.1 Å². The third kappa shape index (κ3) is 4.48. The number of benzene rings is 1. The molecule has 0 unspecified atom stereocenters. The van der Waals surface area contributed by atoms with E-state index in [0.29, 0.717) is 29.4 Å². The van der Waals surface area contributed by atoms with E-state index in [9.17, 15) is 4.79 Å². The van der Waals surface area contributed by atoms with Crippen molar-refractivity contribution in [3.63, 3.8) is 0 Å².